The Morgan fingerprint density at radius 2 is 1.69 bits per heavy atom. The zero-order chi connectivity index (χ0) is 20.4. The molecule has 0 aromatic heterocycles. The number of fused-ring (bicyclic) bond motifs is 1. The third kappa shape index (κ3) is 3.92. The van der Waals surface area contributed by atoms with Crippen LogP contribution in [0.15, 0.2) is 72.8 Å². The van der Waals surface area contributed by atoms with E-state index >= 15 is 0 Å². The van der Waals surface area contributed by atoms with Gasteiger partial charge in [0, 0.05) is 29.5 Å². The van der Waals surface area contributed by atoms with Gasteiger partial charge in [-0.1, -0.05) is 24.3 Å². The minimum Gasteiger partial charge on any atom is -0.423 e. The number of nitrogens with one attached hydrogen (secondary N) is 1. The lowest BCUT2D eigenvalue weighted by Crippen LogP contribution is -2.28. The predicted octanol–water partition coefficient (Wildman–Crippen LogP) is 2.43. The van der Waals surface area contributed by atoms with Gasteiger partial charge in [-0.05, 0) is 59.6 Å². The molecule has 0 radical (unpaired) electrons. The van der Waals surface area contributed by atoms with Gasteiger partial charge >= 0.3 is 7.12 Å². The largest absolute Gasteiger partial charge is 0.491 e. The molecular weight excluding hydrogens is 367 g/mol. The third-order valence-electron chi connectivity index (χ3n) is 4.91. The summed E-state index contributed by atoms with van der Waals surface area (Å²) >= 11 is 0. The molecule has 0 atom stereocenters. The van der Waals surface area contributed by atoms with Gasteiger partial charge in [0.1, 0.15) is 0 Å². The Kier molecular flexibility index (Phi) is 5.16. The molecule has 1 aliphatic rings. The number of nitrogens with zero attached hydrogens (tertiary/aromatic N) is 1. The van der Waals surface area contributed by atoms with Crippen LogP contribution >= 0.6 is 0 Å². The molecule has 29 heavy (non-hydrogen) atoms. The molecule has 3 aromatic carbocycles. The highest BCUT2D eigenvalue weighted by Gasteiger charge is 2.27. The molecule has 1 aliphatic heterocycles. The molecule has 0 fully saturated rings. The van der Waals surface area contributed by atoms with Crippen molar-refractivity contribution in [2.45, 2.75) is 6.61 Å². The molecule has 3 aromatic rings. The van der Waals surface area contributed by atoms with Crippen molar-refractivity contribution in [2.75, 3.05) is 17.3 Å². The number of rotatable bonds is 4. The summed E-state index contributed by atoms with van der Waals surface area (Å²) < 4.78 is 5.16. The van der Waals surface area contributed by atoms with Gasteiger partial charge in [0.2, 0.25) is 0 Å². The Labute approximate surface area is 168 Å². The van der Waals surface area contributed by atoms with E-state index in [1.54, 1.807) is 54.4 Å². The molecule has 2 N–H and O–H groups in total. The normalized spacial score (nSPS) is 12.4. The fourth-order valence-electron chi connectivity index (χ4n) is 3.24. The highest BCUT2D eigenvalue weighted by atomic mass is 16.5. The van der Waals surface area contributed by atoms with Crippen LogP contribution in [0.2, 0.25) is 0 Å². The number of anilines is 2. The van der Waals surface area contributed by atoms with Gasteiger partial charge in [0.25, 0.3) is 11.8 Å². The van der Waals surface area contributed by atoms with E-state index in [1.807, 2.05) is 30.3 Å². The summed E-state index contributed by atoms with van der Waals surface area (Å²) in [7, 11) is 0.807. The van der Waals surface area contributed by atoms with Crippen molar-refractivity contribution < 1.29 is 19.3 Å². The minimum absolute atomic E-state index is 0.152. The summed E-state index contributed by atoms with van der Waals surface area (Å²) in [4.78, 5) is 26.7. The van der Waals surface area contributed by atoms with Crippen LogP contribution in [0.5, 0.6) is 0 Å². The van der Waals surface area contributed by atoms with E-state index in [4.69, 9.17) is 4.65 Å². The van der Waals surface area contributed by atoms with E-state index in [2.05, 4.69) is 5.32 Å². The smallest absolute Gasteiger partial charge is 0.423 e. The Bertz CT molecular complexity index is 1050. The Morgan fingerprint density at radius 3 is 2.41 bits per heavy atom. The number of hydrogen-bond donors (Lipinski definition) is 2. The lowest BCUT2D eigenvalue weighted by molar-refractivity contribution is 0.0989. The van der Waals surface area contributed by atoms with Gasteiger partial charge in [0.15, 0.2) is 0 Å². The molecule has 7 heteroatoms. The average Bonchev–Trinajstić information content (AvgIpc) is 3.13. The molecule has 0 bridgehead atoms. The van der Waals surface area contributed by atoms with Crippen LogP contribution in [-0.4, -0.2) is 31.0 Å². The second-order valence-electron chi connectivity index (χ2n) is 6.81. The van der Waals surface area contributed by atoms with Crippen molar-refractivity contribution in [3.63, 3.8) is 0 Å². The SMILES string of the molecule is CN(C(=O)c1ccc(C(=O)Nc2ccc3c(c2)COB3O)cc1)c1ccccc1. The summed E-state index contributed by atoms with van der Waals surface area (Å²) in [5.74, 6) is -0.430. The molecule has 4 rings (SSSR count). The first kappa shape index (κ1) is 18.9. The highest BCUT2D eigenvalue weighted by molar-refractivity contribution is 6.61. The number of amides is 2. The molecule has 144 valence electrons. The van der Waals surface area contributed by atoms with Gasteiger partial charge in [0.05, 0.1) is 6.61 Å². The Morgan fingerprint density at radius 1 is 1.00 bits per heavy atom. The maximum atomic E-state index is 12.6. The summed E-state index contributed by atoms with van der Waals surface area (Å²) in [5.41, 5.74) is 3.92. The monoisotopic (exact) mass is 386 g/mol. The lowest BCUT2D eigenvalue weighted by atomic mass is 9.79. The van der Waals surface area contributed by atoms with Crippen molar-refractivity contribution in [1.29, 1.82) is 0 Å². The van der Waals surface area contributed by atoms with E-state index < -0.39 is 7.12 Å². The van der Waals surface area contributed by atoms with Crippen molar-refractivity contribution >= 4 is 35.8 Å². The summed E-state index contributed by atoms with van der Waals surface area (Å²) in [6.45, 7) is 0.311. The van der Waals surface area contributed by atoms with E-state index in [9.17, 15) is 14.6 Å². The van der Waals surface area contributed by atoms with Crippen LogP contribution in [0.4, 0.5) is 11.4 Å². The average molecular weight is 386 g/mol. The van der Waals surface area contributed by atoms with Crippen LogP contribution in [0.1, 0.15) is 26.3 Å². The number of benzene rings is 3. The van der Waals surface area contributed by atoms with Crippen LogP contribution in [-0.2, 0) is 11.3 Å². The van der Waals surface area contributed by atoms with Crippen LogP contribution in [0.3, 0.4) is 0 Å². The summed E-state index contributed by atoms with van der Waals surface area (Å²) in [6.07, 6.45) is 0. The Hall–Kier alpha value is -3.42. The number of carbonyl (C=O) groups is 2. The zero-order valence-corrected chi connectivity index (χ0v) is 15.8. The molecule has 0 saturated carbocycles. The summed E-state index contributed by atoms with van der Waals surface area (Å²) in [5, 5.41) is 12.5. The first-order valence-corrected chi connectivity index (χ1v) is 9.20. The second kappa shape index (κ2) is 7.91. The van der Waals surface area contributed by atoms with E-state index in [0.29, 0.717) is 28.9 Å². The van der Waals surface area contributed by atoms with Crippen molar-refractivity contribution in [2.24, 2.45) is 0 Å². The summed E-state index contributed by atoms with van der Waals surface area (Å²) in [6, 6.07) is 21.2. The molecular formula is C22H19BN2O4. The number of hydrogen-bond acceptors (Lipinski definition) is 4. The molecule has 0 aliphatic carbocycles. The molecule has 6 nitrogen and oxygen atoms in total. The minimum atomic E-state index is -0.908. The number of carbonyl (C=O) groups excluding carboxylic acids is 2. The molecule has 0 unspecified atom stereocenters. The van der Waals surface area contributed by atoms with Crippen molar-refractivity contribution in [3.05, 3.63) is 89.5 Å². The van der Waals surface area contributed by atoms with E-state index in [0.717, 1.165) is 11.3 Å². The van der Waals surface area contributed by atoms with E-state index in [1.165, 1.54) is 0 Å². The van der Waals surface area contributed by atoms with Gasteiger partial charge in [-0.3, -0.25) is 9.59 Å². The van der Waals surface area contributed by atoms with Gasteiger partial charge in [-0.2, -0.15) is 0 Å². The van der Waals surface area contributed by atoms with Crippen LogP contribution in [0.25, 0.3) is 0 Å². The zero-order valence-electron chi connectivity index (χ0n) is 15.8. The first-order chi connectivity index (χ1) is 14.0. The lowest BCUT2D eigenvalue weighted by Gasteiger charge is -2.17. The third-order valence-corrected chi connectivity index (χ3v) is 4.91. The molecule has 2 amide bonds. The van der Waals surface area contributed by atoms with Gasteiger partial charge in [-0.25, -0.2) is 0 Å². The van der Waals surface area contributed by atoms with Crippen molar-refractivity contribution in [1.82, 2.24) is 0 Å². The maximum Gasteiger partial charge on any atom is 0.491 e. The second-order valence-corrected chi connectivity index (χ2v) is 6.81. The van der Waals surface area contributed by atoms with Crippen molar-refractivity contribution in [3.8, 4) is 0 Å². The van der Waals surface area contributed by atoms with E-state index in [-0.39, 0.29) is 11.8 Å². The Balaban J connectivity index is 1.45. The highest BCUT2D eigenvalue weighted by Crippen LogP contribution is 2.18. The molecule has 0 saturated heterocycles. The standard InChI is InChI=1S/C22H19BN2O4/c1-25(19-5-3-2-4-6-19)22(27)16-9-7-15(8-10-16)21(26)24-18-11-12-20-17(13-18)14-29-23(20)28/h2-13,28H,14H2,1H3,(H,24,26). The van der Waals surface area contributed by atoms with Gasteiger partial charge < -0.3 is 19.9 Å². The predicted molar refractivity (Wildman–Crippen MR) is 112 cm³/mol. The topological polar surface area (TPSA) is 78.9 Å². The first-order valence-electron chi connectivity index (χ1n) is 9.20. The fourth-order valence-corrected chi connectivity index (χ4v) is 3.24. The van der Waals surface area contributed by atoms with Crippen LogP contribution < -0.4 is 15.7 Å². The fraction of sp³-hybridized carbons (Fsp3) is 0.0909. The number of para-hydroxylation sites is 1. The van der Waals surface area contributed by atoms with Gasteiger partial charge in [-0.15, -0.1) is 0 Å². The molecule has 0 spiro atoms. The quantitative estimate of drug-likeness (QED) is 0.676. The van der Waals surface area contributed by atoms with Crippen LogP contribution in [0, 0.1) is 0 Å². The maximum absolute atomic E-state index is 12.6. The molecule has 1 heterocycles.